The van der Waals surface area contributed by atoms with Crippen molar-refractivity contribution in [3.63, 3.8) is 0 Å². The van der Waals surface area contributed by atoms with E-state index in [1.807, 2.05) is 0 Å². The summed E-state index contributed by atoms with van der Waals surface area (Å²) in [4.78, 5) is 0. The van der Waals surface area contributed by atoms with Gasteiger partial charge >= 0.3 is 0 Å². The fraction of sp³-hybridized carbons (Fsp3) is 0.133. The topological polar surface area (TPSA) is 42.2 Å². The first kappa shape index (κ1) is 16.0. The van der Waals surface area contributed by atoms with Gasteiger partial charge in [0.25, 0.3) is 0 Å². The molecule has 0 fully saturated rings. The molecule has 0 amide bonds. The molecule has 0 aliphatic rings. The van der Waals surface area contributed by atoms with Gasteiger partial charge in [0.1, 0.15) is 6.61 Å². The number of benzene rings is 2. The molecule has 0 N–H and O–H groups in total. The largest absolute Gasteiger partial charge is 0.493 e. The third-order valence-electron chi connectivity index (χ3n) is 2.78. The highest BCUT2D eigenvalue weighted by Gasteiger charge is 2.14. The summed E-state index contributed by atoms with van der Waals surface area (Å²) in [6.07, 6.45) is 0. The summed E-state index contributed by atoms with van der Waals surface area (Å²) < 4.78 is 11.6. The molecule has 0 heterocycles. The lowest BCUT2D eigenvalue weighted by Crippen LogP contribution is -2.00. The second-order valence-corrected chi connectivity index (χ2v) is 5.76. The van der Waals surface area contributed by atoms with Gasteiger partial charge in [-0.15, -0.1) is 0 Å². The standard InChI is InChI=1S/C15H10BrCl2NO2/c1-20-14-6-9(7-19)5-11(16)15(14)21-8-10-12(17)3-2-4-13(10)18/h2-6H,8H2,1H3. The van der Waals surface area contributed by atoms with Gasteiger partial charge in [0.2, 0.25) is 0 Å². The maximum atomic E-state index is 8.95. The lowest BCUT2D eigenvalue weighted by Gasteiger charge is -2.14. The fourth-order valence-electron chi connectivity index (χ4n) is 1.74. The smallest absolute Gasteiger partial charge is 0.175 e. The molecule has 0 saturated heterocycles. The molecule has 2 aromatic carbocycles. The zero-order valence-corrected chi connectivity index (χ0v) is 14.1. The van der Waals surface area contributed by atoms with Crippen molar-refractivity contribution in [1.82, 2.24) is 0 Å². The van der Waals surface area contributed by atoms with E-state index < -0.39 is 0 Å². The normalized spacial score (nSPS) is 10.0. The molecule has 108 valence electrons. The highest BCUT2D eigenvalue weighted by molar-refractivity contribution is 9.10. The fourth-order valence-corrected chi connectivity index (χ4v) is 2.80. The Labute approximate surface area is 141 Å². The highest BCUT2D eigenvalue weighted by Crippen LogP contribution is 2.37. The van der Waals surface area contributed by atoms with Crippen molar-refractivity contribution in [2.24, 2.45) is 0 Å². The number of hydrogen-bond acceptors (Lipinski definition) is 3. The summed E-state index contributed by atoms with van der Waals surface area (Å²) in [5.74, 6) is 0.955. The Balaban J connectivity index is 2.30. The van der Waals surface area contributed by atoms with Crippen LogP contribution in [0.15, 0.2) is 34.8 Å². The van der Waals surface area contributed by atoms with Gasteiger partial charge in [0, 0.05) is 21.7 Å². The van der Waals surface area contributed by atoms with Crippen molar-refractivity contribution in [1.29, 1.82) is 5.26 Å². The van der Waals surface area contributed by atoms with Crippen molar-refractivity contribution in [3.05, 3.63) is 56.0 Å². The zero-order valence-electron chi connectivity index (χ0n) is 11.0. The lowest BCUT2D eigenvalue weighted by molar-refractivity contribution is 0.282. The van der Waals surface area contributed by atoms with E-state index in [2.05, 4.69) is 22.0 Å². The molecule has 21 heavy (non-hydrogen) atoms. The van der Waals surface area contributed by atoms with E-state index in [1.54, 1.807) is 30.3 Å². The monoisotopic (exact) mass is 385 g/mol. The van der Waals surface area contributed by atoms with E-state index in [4.69, 9.17) is 37.9 Å². The molecule has 0 radical (unpaired) electrons. The van der Waals surface area contributed by atoms with Gasteiger partial charge in [-0.2, -0.15) is 5.26 Å². The van der Waals surface area contributed by atoms with Gasteiger partial charge in [-0.1, -0.05) is 29.3 Å². The minimum absolute atomic E-state index is 0.194. The summed E-state index contributed by atoms with van der Waals surface area (Å²) in [6.45, 7) is 0.194. The second kappa shape index (κ2) is 7.04. The maximum absolute atomic E-state index is 8.95. The maximum Gasteiger partial charge on any atom is 0.175 e. The molecule has 3 nitrogen and oxygen atoms in total. The molecule has 0 saturated carbocycles. The molecule has 0 atom stereocenters. The molecule has 0 unspecified atom stereocenters. The molecular weight excluding hydrogens is 377 g/mol. The Bertz CT molecular complexity index is 693. The highest BCUT2D eigenvalue weighted by atomic mass is 79.9. The SMILES string of the molecule is COc1cc(C#N)cc(Br)c1OCc1c(Cl)cccc1Cl. The van der Waals surface area contributed by atoms with Gasteiger partial charge < -0.3 is 9.47 Å². The number of nitrogens with zero attached hydrogens (tertiary/aromatic N) is 1. The van der Waals surface area contributed by atoms with Gasteiger partial charge in [-0.3, -0.25) is 0 Å². The quantitative estimate of drug-likeness (QED) is 0.723. The van der Waals surface area contributed by atoms with Crippen molar-refractivity contribution < 1.29 is 9.47 Å². The molecule has 6 heteroatoms. The van der Waals surface area contributed by atoms with E-state index in [1.165, 1.54) is 7.11 Å². The predicted molar refractivity (Wildman–Crippen MR) is 86.2 cm³/mol. The summed E-state index contributed by atoms with van der Waals surface area (Å²) in [7, 11) is 1.51. The van der Waals surface area contributed by atoms with Crippen LogP contribution in [0.4, 0.5) is 0 Å². The first-order chi connectivity index (χ1) is 10.1. The number of ether oxygens (including phenoxy) is 2. The van der Waals surface area contributed by atoms with Crippen molar-refractivity contribution >= 4 is 39.1 Å². The zero-order chi connectivity index (χ0) is 15.4. The minimum atomic E-state index is 0.194. The van der Waals surface area contributed by atoms with E-state index in [9.17, 15) is 0 Å². The number of rotatable bonds is 4. The molecular formula is C15H10BrCl2NO2. The first-order valence-electron chi connectivity index (χ1n) is 5.90. The Morgan fingerprint density at radius 1 is 1.24 bits per heavy atom. The molecule has 2 rings (SSSR count). The van der Waals surface area contributed by atoms with Crippen LogP contribution in [0.1, 0.15) is 11.1 Å². The van der Waals surface area contributed by atoms with Crippen LogP contribution in [-0.2, 0) is 6.61 Å². The van der Waals surface area contributed by atoms with Crippen LogP contribution in [0.3, 0.4) is 0 Å². The lowest BCUT2D eigenvalue weighted by atomic mass is 10.2. The Hall–Kier alpha value is -1.41. The van der Waals surface area contributed by atoms with E-state index >= 15 is 0 Å². The van der Waals surface area contributed by atoms with E-state index in [0.717, 1.165) is 0 Å². The van der Waals surface area contributed by atoms with Crippen molar-refractivity contribution in [2.45, 2.75) is 6.61 Å². The van der Waals surface area contributed by atoms with Crippen LogP contribution >= 0.6 is 39.1 Å². The van der Waals surface area contributed by atoms with Crippen LogP contribution < -0.4 is 9.47 Å². The third kappa shape index (κ3) is 3.62. The Morgan fingerprint density at radius 2 is 1.90 bits per heavy atom. The van der Waals surface area contributed by atoms with Crippen molar-refractivity contribution in [3.8, 4) is 17.6 Å². The summed E-state index contributed by atoms with van der Waals surface area (Å²) in [5, 5.41) is 10.0. The number of methoxy groups -OCH3 is 1. The van der Waals surface area contributed by atoms with Crippen LogP contribution in [0.5, 0.6) is 11.5 Å². The second-order valence-electron chi connectivity index (χ2n) is 4.09. The average molecular weight is 387 g/mol. The summed E-state index contributed by atoms with van der Waals surface area (Å²) in [5.41, 5.74) is 1.17. The summed E-state index contributed by atoms with van der Waals surface area (Å²) >= 11 is 15.6. The molecule has 0 aliphatic heterocycles. The first-order valence-corrected chi connectivity index (χ1v) is 7.45. The Kier molecular flexibility index (Phi) is 5.35. The van der Waals surface area contributed by atoms with E-state index in [-0.39, 0.29) is 6.61 Å². The number of halogens is 3. The number of nitriles is 1. The Morgan fingerprint density at radius 3 is 2.48 bits per heavy atom. The molecule has 0 aliphatic carbocycles. The van der Waals surface area contributed by atoms with E-state index in [0.29, 0.717) is 37.1 Å². The molecule has 0 aromatic heterocycles. The van der Waals surface area contributed by atoms with Gasteiger partial charge in [-0.05, 0) is 34.1 Å². The minimum Gasteiger partial charge on any atom is -0.493 e. The van der Waals surface area contributed by atoms with Crippen molar-refractivity contribution in [2.75, 3.05) is 7.11 Å². The predicted octanol–water partition coefficient (Wildman–Crippen LogP) is 5.22. The van der Waals surface area contributed by atoms with Gasteiger partial charge in [0.05, 0.1) is 23.2 Å². The molecule has 0 bridgehead atoms. The van der Waals surface area contributed by atoms with Crippen LogP contribution in [0, 0.1) is 11.3 Å². The molecule has 2 aromatic rings. The third-order valence-corrected chi connectivity index (χ3v) is 4.08. The van der Waals surface area contributed by atoms with Crippen LogP contribution in [0.25, 0.3) is 0 Å². The average Bonchev–Trinajstić information content (AvgIpc) is 2.47. The number of hydrogen-bond donors (Lipinski definition) is 0. The van der Waals surface area contributed by atoms with Crippen LogP contribution in [-0.4, -0.2) is 7.11 Å². The molecule has 0 spiro atoms. The van der Waals surface area contributed by atoms with Crippen LogP contribution in [0.2, 0.25) is 10.0 Å². The summed E-state index contributed by atoms with van der Waals surface area (Å²) in [6, 6.07) is 10.6. The van der Waals surface area contributed by atoms with Gasteiger partial charge in [0.15, 0.2) is 11.5 Å². The van der Waals surface area contributed by atoms with Gasteiger partial charge in [-0.25, -0.2) is 0 Å².